The molecular weight excluding hydrogens is 414 g/mol. The van der Waals surface area contributed by atoms with E-state index in [9.17, 15) is 20.0 Å². The summed E-state index contributed by atoms with van der Waals surface area (Å²) in [6.45, 7) is 0. The Bertz CT molecular complexity index is 1240. The van der Waals surface area contributed by atoms with Crippen LogP contribution in [-0.4, -0.2) is 20.9 Å². The Hall–Kier alpha value is -3.49. The van der Waals surface area contributed by atoms with Crippen molar-refractivity contribution < 1.29 is 14.8 Å². The highest BCUT2D eigenvalue weighted by atomic mass is 35.5. The number of anilines is 1. The lowest BCUT2D eigenvalue weighted by atomic mass is 10.1. The molecule has 0 saturated carbocycles. The second kappa shape index (κ2) is 7.50. The van der Waals surface area contributed by atoms with Crippen molar-refractivity contribution in [1.29, 1.82) is 0 Å². The number of hydrogen-bond acceptors (Lipinski definition) is 6. The van der Waals surface area contributed by atoms with Gasteiger partial charge in [0.1, 0.15) is 10.8 Å². The molecule has 9 heteroatoms. The summed E-state index contributed by atoms with van der Waals surface area (Å²) in [7, 11) is 0. The van der Waals surface area contributed by atoms with Crippen LogP contribution in [0, 0.1) is 10.1 Å². The van der Waals surface area contributed by atoms with Crippen LogP contribution < -0.4 is 5.32 Å². The summed E-state index contributed by atoms with van der Waals surface area (Å²) in [5, 5.41) is 24.6. The molecule has 0 bridgehead atoms. The number of nitro groups is 1. The maximum atomic E-state index is 12.6. The molecule has 3 aromatic carbocycles. The van der Waals surface area contributed by atoms with E-state index in [2.05, 4.69) is 10.3 Å². The van der Waals surface area contributed by atoms with Gasteiger partial charge in [-0.2, -0.15) is 0 Å². The van der Waals surface area contributed by atoms with Crippen molar-refractivity contribution in [3.63, 3.8) is 0 Å². The molecule has 0 atom stereocenters. The molecule has 4 rings (SSSR count). The molecule has 0 spiro atoms. The van der Waals surface area contributed by atoms with Crippen LogP contribution in [0.25, 0.3) is 20.8 Å². The average molecular weight is 426 g/mol. The number of benzene rings is 3. The summed E-state index contributed by atoms with van der Waals surface area (Å²) >= 11 is 7.44. The predicted octanol–water partition coefficient (Wildman–Crippen LogP) is 5.48. The second-order valence-electron chi connectivity index (χ2n) is 6.09. The van der Waals surface area contributed by atoms with Gasteiger partial charge in [-0.25, -0.2) is 4.98 Å². The Morgan fingerprint density at radius 1 is 1.14 bits per heavy atom. The number of nitrogens with zero attached hydrogens (tertiary/aromatic N) is 2. The first-order valence-electron chi connectivity index (χ1n) is 8.36. The summed E-state index contributed by atoms with van der Waals surface area (Å²) in [6.07, 6.45) is 0. The molecule has 1 amide bonds. The van der Waals surface area contributed by atoms with Crippen molar-refractivity contribution in [2.75, 3.05) is 5.32 Å². The largest absolute Gasteiger partial charge is 0.507 e. The van der Waals surface area contributed by atoms with E-state index in [1.807, 2.05) is 24.3 Å². The Morgan fingerprint density at radius 2 is 1.93 bits per heavy atom. The molecule has 2 N–H and O–H groups in total. The van der Waals surface area contributed by atoms with E-state index in [0.29, 0.717) is 16.3 Å². The van der Waals surface area contributed by atoms with Gasteiger partial charge in [-0.05, 0) is 36.4 Å². The summed E-state index contributed by atoms with van der Waals surface area (Å²) in [6, 6.07) is 15.8. The Morgan fingerprint density at radius 3 is 2.69 bits per heavy atom. The number of rotatable bonds is 4. The van der Waals surface area contributed by atoms with Gasteiger partial charge in [-0.1, -0.05) is 23.7 Å². The third-order valence-electron chi connectivity index (χ3n) is 4.18. The van der Waals surface area contributed by atoms with E-state index in [1.54, 1.807) is 6.07 Å². The third-order valence-corrected chi connectivity index (χ3v) is 5.58. The van der Waals surface area contributed by atoms with Crippen LogP contribution in [0.4, 0.5) is 11.4 Å². The predicted molar refractivity (Wildman–Crippen MR) is 113 cm³/mol. The monoisotopic (exact) mass is 425 g/mol. The van der Waals surface area contributed by atoms with Gasteiger partial charge in [0.25, 0.3) is 11.6 Å². The summed E-state index contributed by atoms with van der Waals surface area (Å²) in [4.78, 5) is 27.5. The van der Waals surface area contributed by atoms with E-state index >= 15 is 0 Å². The van der Waals surface area contributed by atoms with Gasteiger partial charge in [0.15, 0.2) is 0 Å². The summed E-state index contributed by atoms with van der Waals surface area (Å²) in [5.41, 5.74) is 1.42. The number of non-ortho nitro benzene ring substituents is 1. The second-order valence-corrected chi connectivity index (χ2v) is 7.53. The molecule has 29 heavy (non-hydrogen) atoms. The van der Waals surface area contributed by atoms with Crippen molar-refractivity contribution in [1.82, 2.24) is 4.98 Å². The normalized spacial score (nSPS) is 10.8. The zero-order valence-corrected chi connectivity index (χ0v) is 16.2. The number of phenols is 1. The molecular formula is C20H12ClN3O4S. The molecule has 0 radical (unpaired) electrons. The third kappa shape index (κ3) is 3.75. The Balaban J connectivity index is 1.67. The maximum Gasteiger partial charge on any atom is 0.270 e. The number of nitro benzene ring substituents is 1. The van der Waals surface area contributed by atoms with E-state index in [4.69, 9.17) is 11.6 Å². The lowest BCUT2D eigenvalue weighted by molar-refractivity contribution is -0.384. The summed E-state index contributed by atoms with van der Waals surface area (Å²) in [5.74, 6) is -0.574. The molecule has 0 aliphatic heterocycles. The van der Waals surface area contributed by atoms with Gasteiger partial charge in [0, 0.05) is 17.8 Å². The number of halogens is 1. The molecule has 1 aromatic heterocycles. The van der Waals surface area contributed by atoms with Gasteiger partial charge in [-0.3, -0.25) is 14.9 Å². The van der Waals surface area contributed by atoms with Crippen molar-refractivity contribution in [3.8, 4) is 16.3 Å². The number of carbonyl (C=O) groups excluding carboxylic acids is 1. The number of fused-ring (bicyclic) bond motifs is 1. The number of hydrogen-bond donors (Lipinski definition) is 2. The van der Waals surface area contributed by atoms with Crippen LogP contribution in [0.3, 0.4) is 0 Å². The number of thiazole rings is 1. The minimum atomic E-state index is -0.598. The number of carbonyl (C=O) groups is 1. The Labute approximate surface area is 173 Å². The number of nitrogens with one attached hydrogen (secondary N) is 1. The van der Waals surface area contributed by atoms with Gasteiger partial charge in [0.05, 0.1) is 31.3 Å². The standard InChI is InChI=1S/C20H12ClN3O4S/c21-15-7-6-12(24(27)28)10-13(15)19(26)22-11-5-8-17(25)14(9-11)20-23-16-3-1-2-4-18(16)29-20/h1-10,25H,(H,22,26). The molecule has 7 nitrogen and oxygen atoms in total. The first-order chi connectivity index (χ1) is 13.9. The first kappa shape index (κ1) is 18.9. The van der Waals surface area contributed by atoms with E-state index in [-0.39, 0.29) is 22.0 Å². The zero-order valence-electron chi connectivity index (χ0n) is 14.6. The number of amides is 1. The van der Waals surface area contributed by atoms with Gasteiger partial charge < -0.3 is 10.4 Å². The fourth-order valence-electron chi connectivity index (χ4n) is 2.77. The van der Waals surface area contributed by atoms with Crippen molar-refractivity contribution in [3.05, 3.63) is 81.4 Å². The minimum Gasteiger partial charge on any atom is -0.507 e. The highest BCUT2D eigenvalue weighted by molar-refractivity contribution is 7.21. The molecule has 0 saturated heterocycles. The SMILES string of the molecule is O=C(Nc1ccc(O)c(-c2nc3ccccc3s2)c1)c1cc([N+](=O)[O-])ccc1Cl. The number of para-hydroxylation sites is 1. The van der Waals surface area contributed by atoms with Gasteiger partial charge in [0.2, 0.25) is 0 Å². The van der Waals surface area contributed by atoms with Crippen LogP contribution in [0.1, 0.15) is 10.4 Å². The number of aromatic hydroxyl groups is 1. The highest BCUT2D eigenvalue weighted by Gasteiger charge is 2.17. The molecule has 0 aliphatic carbocycles. The topological polar surface area (TPSA) is 105 Å². The van der Waals surface area contributed by atoms with Crippen LogP contribution in [-0.2, 0) is 0 Å². The quantitative estimate of drug-likeness (QED) is 0.256. The lowest BCUT2D eigenvalue weighted by Gasteiger charge is -2.09. The van der Waals surface area contributed by atoms with Gasteiger partial charge >= 0.3 is 0 Å². The van der Waals surface area contributed by atoms with Crippen LogP contribution in [0.2, 0.25) is 5.02 Å². The molecule has 4 aromatic rings. The van der Waals surface area contributed by atoms with Crippen LogP contribution in [0.15, 0.2) is 60.7 Å². The van der Waals surface area contributed by atoms with E-state index in [0.717, 1.165) is 16.3 Å². The van der Waals surface area contributed by atoms with Crippen molar-refractivity contribution in [2.45, 2.75) is 0 Å². The van der Waals surface area contributed by atoms with Crippen LogP contribution >= 0.6 is 22.9 Å². The average Bonchev–Trinajstić information content (AvgIpc) is 3.13. The highest BCUT2D eigenvalue weighted by Crippen LogP contribution is 2.37. The van der Waals surface area contributed by atoms with Crippen molar-refractivity contribution in [2.24, 2.45) is 0 Å². The fourth-order valence-corrected chi connectivity index (χ4v) is 3.97. The number of phenolic OH excluding ortho intramolecular Hbond substituents is 1. The summed E-state index contributed by atoms with van der Waals surface area (Å²) < 4.78 is 0.972. The molecule has 0 aliphatic rings. The van der Waals surface area contributed by atoms with E-state index in [1.165, 1.54) is 35.6 Å². The number of aromatic nitrogens is 1. The molecule has 0 fully saturated rings. The lowest BCUT2D eigenvalue weighted by Crippen LogP contribution is -2.12. The van der Waals surface area contributed by atoms with Crippen molar-refractivity contribution >= 4 is 50.4 Å². The molecule has 0 unspecified atom stereocenters. The Kier molecular flexibility index (Phi) is 4.87. The first-order valence-corrected chi connectivity index (χ1v) is 9.56. The minimum absolute atomic E-state index is 0.0181. The molecule has 1 heterocycles. The van der Waals surface area contributed by atoms with Gasteiger partial charge in [-0.15, -0.1) is 11.3 Å². The smallest absolute Gasteiger partial charge is 0.270 e. The maximum absolute atomic E-state index is 12.6. The molecule has 144 valence electrons. The fraction of sp³-hybridized carbons (Fsp3) is 0. The zero-order chi connectivity index (χ0) is 20.5. The van der Waals surface area contributed by atoms with E-state index < -0.39 is 10.8 Å². The van der Waals surface area contributed by atoms with Crippen LogP contribution in [0.5, 0.6) is 5.75 Å².